The number of pyridine rings is 1. The molecule has 3 nitrogen and oxygen atoms in total. The largest absolute Gasteiger partial charge is 0.295 e. The summed E-state index contributed by atoms with van der Waals surface area (Å²) in [7, 11) is 0. The Morgan fingerprint density at radius 1 is 1.37 bits per heavy atom. The molecule has 0 radical (unpaired) electrons. The number of amides is 1. The van der Waals surface area contributed by atoms with Gasteiger partial charge in [0.25, 0.3) is 0 Å². The molecule has 0 N–H and O–H groups in total. The van der Waals surface area contributed by atoms with Gasteiger partial charge in [-0.25, -0.2) is 4.98 Å². The van der Waals surface area contributed by atoms with E-state index < -0.39 is 0 Å². The van der Waals surface area contributed by atoms with Gasteiger partial charge in [0.15, 0.2) is 0 Å². The van der Waals surface area contributed by atoms with Crippen molar-refractivity contribution in [1.29, 1.82) is 0 Å². The van der Waals surface area contributed by atoms with Crippen molar-refractivity contribution in [3.05, 3.63) is 34.9 Å². The highest BCUT2D eigenvalue weighted by Gasteiger charge is 2.31. The van der Waals surface area contributed by atoms with Crippen molar-refractivity contribution in [2.24, 2.45) is 5.92 Å². The third-order valence-corrected chi connectivity index (χ3v) is 3.97. The fourth-order valence-electron chi connectivity index (χ4n) is 2.38. The number of carbonyl (C=O) groups excluding carboxylic acids is 1. The van der Waals surface area contributed by atoms with Crippen LogP contribution in [0.15, 0.2) is 34.9 Å². The number of benzene rings is 1. The Kier molecular flexibility index (Phi) is 3.00. The predicted octanol–water partition coefficient (Wildman–Crippen LogP) is 2.98. The second-order valence-electron chi connectivity index (χ2n) is 4.55. The summed E-state index contributed by atoms with van der Waals surface area (Å²) in [6, 6.07) is 7.88. The van der Waals surface area contributed by atoms with Gasteiger partial charge in [0.2, 0.25) is 5.91 Å². The highest BCUT2D eigenvalue weighted by Crippen LogP contribution is 2.32. The van der Waals surface area contributed by atoms with Gasteiger partial charge < -0.3 is 0 Å². The summed E-state index contributed by atoms with van der Waals surface area (Å²) in [5.41, 5.74) is 0. The number of carbonyl (C=O) groups is 1. The number of rotatable bonds is 1. The van der Waals surface area contributed by atoms with E-state index in [1.165, 1.54) is 0 Å². The summed E-state index contributed by atoms with van der Waals surface area (Å²) in [5.74, 6) is 3.38. The van der Waals surface area contributed by atoms with Crippen LogP contribution in [0.3, 0.4) is 0 Å². The number of anilines is 1. The van der Waals surface area contributed by atoms with Crippen molar-refractivity contribution in [3.8, 4) is 12.3 Å². The summed E-state index contributed by atoms with van der Waals surface area (Å²) < 4.78 is 0.923. The fraction of sp³-hybridized carbons (Fsp3) is 0.200. The molecule has 1 aliphatic heterocycles. The number of aromatic nitrogens is 1. The van der Waals surface area contributed by atoms with Gasteiger partial charge in [-0.2, -0.15) is 0 Å². The molecular formula is C15H11BrN2O. The van der Waals surface area contributed by atoms with E-state index in [1.807, 2.05) is 24.3 Å². The summed E-state index contributed by atoms with van der Waals surface area (Å²) in [6.07, 6.45) is 7.55. The van der Waals surface area contributed by atoms with Crippen LogP contribution in [0.2, 0.25) is 0 Å². The van der Waals surface area contributed by atoms with Gasteiger partial charge in [0, 0.05) is 40.3 Å². The number of fused-ring (bicyclic) bond motifs is 1. The molecule has 0 aliphatic carbocycles. The maximum atomic E-state index is 12.1. The molecule has 0 bridgehead atoms. The SMILES string of the molecule is C#CC1CC(=O)N(c2ncc(Br)c3ccccc23)C1. The van der Waals surface area contributed by atoms with Gasteiger partial charge in [-0.1, -0.05) is 24.3 Å². The first-order valence-corrected chi connectivity index (χ1v) is 6.79. The standard InChI is InChI=1S/C15H11BrN2O/c1-2-10-7-14(19)18(9-10)15-12-6-4-3-5-11(12)13(16)8-17-15/h1,3-6,8,10H,7,9H2. The zero-order valence-electron chi connectivity index (χ0n) is 10.1. The molecular weight excluding hydrogens is 304 g/mol. The minimum atomic E-state index is -0.0169. The first kappa shape index (κ1) is 12.2. The maximum Gasteiger partial charge on any atom is 0.229 e. The second-order valence-corrected chi connectivity index (χ2v) is 5.40. The molecule has 0 saturated carbocycles. The van der Waals surface area contributed by atoms with Gasteiger partial charge in [0.05, 0.1) is 0 Å². The van der Waals surface area contributed by atoms with E-state index in [0.717, 1.165) is 15.2 Å². The van der Waals surface area contributed by atoms with Crippen LogP contribution in [-0.2, 0) is 4.79 Å². The van der Waals surface area contributed by atoms with Crippen LogP contribution in [-0.4, -0.2) is 17.4 Å². The molecule has 1 unspecified atom stereocenters. The molecule has 1 fully saturated rings. The first-order valence-electron chi connectivity index (χ1n) is 6.00. The number of nitrogens with zero attached hydrogens (tertiary/aromatic N) is 2. The Hall–Kier alpha value is -1.86. The van der Waals surface area contributed by atoms with Crippen LogP contribution < -0.4 is 4.90 Å². The highest BCUT2D eigenvalue weighted by atomic mass is 79.9. The Morgan fingerprint density at radius 3 is 2.79 bits per heavy atom. The number of hydrogen-bond donors (Lipinski definition) is 0. The monoisotopic (exact) mass is 314 g/mol. The van der Waals surface area contributed by atoms with Crippen molar-refractivity contribution < 1.29 is 4.79 Å². The molecule has 0 spiro atoms. The molecule has 2 heterocycles. The topological polar surface area (TPSA) is 33.2 Å². The van der Waals surface area contributed by atoms with Crippen molar-refractivity contribution >= 4 is 38.4 Å². The Labute approximate surface area is 119 Å². The number of terminal acetylenes is 1. The zero-order chi connectivity index (χ0) is 13.4. The smallest absolute Gasteiger partial charge is 0.229 e. The van der Waals surface area contributed by atoms with Crippen LogP contribution in [0.25, 0.3) is 10.8 Å². The van der Waals surface area contributed by atoms with Gasteiger partial charge >= 0.3 is 0 Å². The van der Waals surface area contributed by atoms with Crippen molar-refractivity contribution in [2.75, 3.05) is 11.4 Å². The second kappa shape index (κ2) is 4.67. The van der Waals surface area contributed by atoms with Gasteiger partial charge in [-0.15, -0.1) is 12.3 Å². The fourth-order valence-corrected chi connectivity index (χ4v) is 2.83. The van der Waals surface area contributed by atoms with Crippen LogP contribution >= 0.6 is 15.9 Å². The van der Waals surface area contributed by atoms with E-state index in [4.69, 9.17) is 6.42 Å². The molecule has 3 rings (SSSR count). The van der Waals surface area contributed by atoms with E-state index in [0.29, 0.717) is 18.8 Å². The lowest BCUT2D eigenvalue weighted by atomic mass is 10.1. The molecule has 1 saturated heterocycles. The molecule has 19 heavy (non-hydrogen) atoms. The van der Waals surface area contributed by atoms with Crippen molar-refractivity contribution in [3.63, 3.8) is 0 Å². The van der Waals surface area contributed by atoms with E-state index in [9.17, 15) is 4.79 Å². The molecule has 1 aliphatic rings. The van der Waals surface area contributed by atoms with Gasteiger partial charge in [-0.3, -0.25) is 9.69 Å². The zero-order valence-corrected chi connectivity index (χ0v) is 11.7. The van der Waals surface area contributed by atoms with Crippen molar-refractivity contribution in [2.45, 2.75) is 6.42 Å². The van der Waals surface area contributed by atoms with Crippen LogP contribution in [0, 0.1) is 18.3 Å². The Balaban J connectivity index is 2.14. The Bertz CT molecular complexity index is 705. The van der Waals surface area contributed by atoms with Gasteiger partial charge in [-0.05, 0) is 15.9 Å². The minimum Gasteiger partial charge on any atom is -0.295 e. The molecule has 2 aromatic rings. The third kappa shape index (κ3) is 2.00. The average Bonchev–Trinajstić information content (AvgIpc) is 2.81. The summed E-state index contributed by atoms with van der Waals surface area (Å²) in [6.45, 7) is 0.550. The van der Waals surface area contributed by atoms with Crippen LogP contribution in [0.5, 0.6) is 0 Å². The van der Waals surface area contributed by atoms with Crippen LogP contribution in [0.1, 0.15) is 6.42 Å². The van der Waals surface area contributed by atoms with E-state index in [2.05, 4.69) is 26.8 Å². The summed E-state index contributed by atoms with van der Waals surface area (Å²) in [5, 5.41) is 2.01. The lowest BCUT2D eigenvalue weighted by molar-refractivity contribution is -0.117. The van der Waals surface area contributed by atoms with Crippen molar-refractivity contribution in [1.82, 2.24) is 4.98 Å². The van der Waals surface area contributed by atoms with E-state index in [-0.39, 0.29) is 11.8 Å². The molecule has 4 heteroatoms. The van der Waals surface area contributed by atoms with E-state index >= 15 is 0 Å². The molecule has 1 aromatic heterocycles. The third-order valence-electron chi connectivity index (χ3n) is 3.34. The average molecular weight is 315 g/mol. The van der Waals surface area contributed by atoms with Crippen LogP contribution in [0.4, 0.5) is 5.82 Å². The predicted molar refractivity (Wildman–Crippen MR) is 78.7 cm³/mol. The quantitative estimate of drug-likeness (QED) is 0.758. The molecule has 1 amide bonds. The maximum absolute atomic E-state index is 12.1. The molecule has 1 atom stereocenters. The lowest BCUT2D eigenvalue weighted by Crippen LogP contribution is -2.25. The lowest BCUT2D eigenvalue weighted by Gasteiger charge is -2.17. The highest BCUT2D eigenvalue weighted by molar-refractivity contribution is 9.10. The Morgan fingerprint density at radius 2 is 2.11 bits per heavy atom. The number of halogens is 1. The summed E-state index contributed by atoms with van der Waals surface area (Å²) >= 11 is 3.48. The van der Waals surface area contributed by atoms with Gasteiger partial charge in [0.1, 0.15) is 5.82 Å². The molecule has 94 valence electrons. The van der Waals surface area contributed by atoms with E-state index in [1.54, 1.807) is 11.1 Å². The molecule has 1 aromatic carbocycles. The minimum absolute atomic E-state index is 0.0169. The normalized spacial score (nSPS) is 18.8. The number of hydrogen-bond acceptors (Lipinski definition) is 2. The first-order chi connectivity index (χ1) is 9.20. The summed E-state index contributed by atoms with van der Waals surface area (Å²) in [4.78, 5) is 18.1.